The van der Waals surface area contributed by atoms with Crippen molar-refractivity contribution in [3.63, 3.8) is 0 Å². The summed E-state index contributed by atoms with van der Waals surface area (Å²) in [5, 5.41) is 13.6. The van der Waals surface area contributed by atoms with Crippen LogP contribution in [0.5, 0.6) is 0 Å². The number of rotatable bonds is 6. The number of thiophene rings is 1. The van der Waals surface area contributed by atoms with Crippen LogP contribution in [0, 0.1) is 0 Å². The Morgan fingerprint density at radius 2 is 2.33 bits per heavy atom. The van der Waals surface area contributed by atoms with Crippen molar-refractivity contribution >= 4 is 23.1 Å². The van der Waals surface area contributed by atoms with E-state index in [1.807, 2.05) is 17.5 Å². The molecule has 0 aliphatic heterocycles. The van der Waals surface area contributed by atoms with Gasteiger partial charge in [-0.3, -0.25) is 9.78 Å². The maximum atomic E-state index is 10.4. The predicted octanol–water partition coefficient (Wildman–Crippen LogP) is 2.48. The lowest BCUT2D eigenvalue weighted by Gasteiger charge is -2.05. The van der Waals surface area contributed by atoms with Gasteiger partial charge >= 0.3 is 5.97 Å². The molecule has 0 unspecified atom stereocenters. The second-order valence-corrected chi connectivity index (χ2v) is 4.64. The van der Waals surface area contributed by atoms with Gasteiger partial charge in [-0.1, -0.05) is 6.07 Å². The van der Waals surface area contributed by atoms with Gasteiger partial charge in [-0.2, -0.15) is 0 Å². The molecule has 2 aromatic rings. The number of nitrogens with one attached hydrogen (secondary N) is 1. The first-order valence-electron chi connectivity index (χ1n) is 5.57. The van der Waals surface area contributed by atoms with Crippen LogP contribution in [-0.4, -0.2) is 27.6 Å². The largest absolute Gasteiger partial charge is 0.481 e. The number of hydrogen-bond donors (Lipinski definition) is 2. The van der Waals surface area contributed by atoms with Crippen molar-refractivity contribution < 1.29 is 9.90 Å². The molecule has 94 valence electrons. The summed E-state index contributed by atoms with van der Waals surface area (Å²) in [5.74, 6) is -0.110. The lowest BCUT2D eigenvalue weighted by molar-refractivity contribution is -0.137. The van der Waals surface area contributed by atoms with Gasteiger partial charge in [0.1, 0.15) is 11.5 Å². The van der Waals surface area contributed by atoms with Gasteiger partial charge in [0.05, 0.1) is 17.3 Å². The van der Waals surface area contributed by atoms with Gasteiger partial charge in [0.2, 0.25) is 0 Å². The Labute approximate surface area is 109 Å². The fourth-order valence-electron chi connectivity index (χ4n) is 1.45. The zero-order valence-electron chi connectivity index (χ0n) is 9.67. The Morgan fingerprint density at radius 3 is 3.06 bits per heavy atom. The zero-order chi connectivity index (χ0) is 12.8. The highest BCUT2D eigenvalue weighted by atomic mass is 32.1. The fourth-order valence-corrected chi connectivity index (χ4v) is 2.13. The number of aliphatic carboxylic acids is 1. The van der Waals surface area contributed by atoms with E-state index in [9.17, 15) is 4.79 Å². The molecule has 2 aromatic heterocycles. The van der Waals surface area contributed by atoms with Crippen LogP contribution in [0.2, 0.25) is 0 Å². The Morgan fingerprint density at radius 1 is 1.44 bits per heavy atom. The third kappa shape index (κ3) is 3.53. The second-order valence-electron chi connectivity index (χ2n) is 3.69. The summed E-state index contributed by atoms with van der Waals surface area (Å²) in [7, 11) is 0. The standard InChI is InChI=1S/C12H13N3O2S/c16-12(17)4-1-5-14-11-8-13-7-9(15-11)10-3-2-6-18-10/h2-3,6-8H,1,4-5H2,(H,14,15)(H,16,17). The van der Waals surface area contributed by atoms with Crippen molar-refractivity contribution in [3.05, 3.63) is 29.9 Å². The molecular formula is C12H13N3O2S. The van der Waals surface area contributed by atoms with E-state index in [2.05, 4.69) is 15.3 Å². The average molecular weight is 263 g/mol. The SMILES string of the molecule is O=C(O)CCCNc1cncc(-c2cccs2)n1. The third-order valence-electron chi connectivity index (χ3n) is 2.28. The smallest absolute Gasteiger partial charge is 0.303 e. The first-order chi connectivity index (χ1) is 8.75. The van der Waals surface area contributed by atoms with E-state index in [0.717, 1.165) is 10.6 Å². The molecule has 0 bridgehead atoms. The van der Waals surface area contributed by atoms with E-state index in [1.165, 1.54) is 0 Å². The normalized spacial score (nSPS) is 10.2. The van der Waals surface area contributed by atoms with Crippen LogP contribution in [0.1, 0.15) is 12.8 Å². The molecule has 5 nitrogen and oxygen atoms in total. The van der Waals surface area contributed by atoms with E-state index in [1.54, 1.807) is 23.7 Å². The van der Waals surface area contributed by atoms with E-state index < -0.39 is 5.97 Å². The Bertz CT molecular complexity index is 514. The minimum atomic E-state index is -0.782. The third-order valence-corrected chi connectivity index (χ3v) is 3.17. The number of hydrogen-bond acceptors (Lipinski definition) is 5. The molecule has 0 aromatic carbocycles. The molecular weight excluding hydrogens is 250 g/mol. The van der Waals surface area contributed by atoms with Crippen LogP contribution in [-0.2, 0) is 4.79 Å². The highest BCUT2D eigenvalue weighted by Gasteiger charge is 2.03. The van der Waals surface area contributed by atoms with E-state index in [0.29, 0.717) is 18.8 Å². The second kappa shape index (κ2) is 6.11. The predicted molar refractivity (Wildman–Crippen MR) is 70.7 cm³/mol. The summed E-state index contributed by atoms with van der Waals surface area (Å²) < 4.78 is 0. The molecule has 0 saturated heterocycles. The van der Waals surface area contributed by atoms with Crippen LogP contribution < -0.4 is 5.32 Å². The van der Waals surface area contributed by atoms with Crippen LogP contribution in [0.15, 0.2) is 29.9 Å². The van der Waals surface area contributed by atoms with E-state index >= 15 is 0 Å². The molecule has 0 amide bonds. The van der Waals surface area contributed by atoms with Crippen molar-refractivity contribution in [3.8, 4) is 10.6 Å². The van der Waals surface area contributed by atoms with Gasteiger partial charge < -0.3 is 10.4 Å². The summed E-state index contributed by atoms with van der Waals surface area (Å²) >= 11 is 1.61. The fraction of sp³-hybridized carbons (Fsp3) is 0.250. The summed E-state index contributed by atoms with van der Waals surface area (Å²) in [4.78, 5) is 20.0. The molecule has 0 fully saturated rings. The van der Waals surface area contributed by atoms with Gasteiger partial charge in [-0.15, -0.1) is 11.3 Å². The quantitative estimate of drug-likeness (QED) is 0.783. The molecule has 2 N–H and O–H groups in total. The van der Waals surface area contributed by atoms with Gasteiger partial charge in [0, 0.05) is 13.0 Å². The molecule has 0 aliphatic carbocycles. The average Bonchev–Trinajstić information content (AvgIpc) is 2.89. The van der Waals surface area contributed by atoms with Crippen molar-refractivity contribution in [1.29, 1.82) is 0 Å². The Hall–Kier alpha value is -1.95. The van der Waals surface area contributed by atoms with Gasteiger partial charge in [0.15, 0.2) is 0 Å². The molecule has 0 spiro atoms. The lowest BCUT2D eigenvalue weighted by Crippen LogP contribution is -2.06. The molecule has 18 heavy (non-hydrogen) atoms. The minimum Gasteiger partial charge on any atom is -0.481 e. The van der Waals surface area contributed by atoms with Gasteiger partial charge in [0.25, 0.3) is 0 Å². The van der Waals surface area contributed by atoms with Crippen molar-refractivity contribution in [2.45, 2.75) is 12.8 Å². The van der Waals surface area contributed by atoms with Gasteiger partial charge in [-0.25, -0.2) is 4.98 Å². The molecule has 2 heterocycles. The molecule has 0 atom stereocenters. The van der Waals surface area contributed by atoms with Crippen LogP contribution in [0.3, 0.4) is 0 Å². The van der Waals surface area contributed by atoms with E-state index in [4.69, 9.17) is 5.11 Å². The summed E-state index contributed by atoms with van der Waals surface area (Å²) in [5.41, 5.74) is 0.827. The highest BCUT2D eigenvalue weighted by molar-refractivity contribution is 7.13. The lowest BCUT2D eigenvalue weighted by atomic mass is 10.3. The number of nitrogens with zero attached hydrogens (tertiary/aromatic N) is 2. The number of carbonyl (C=O) groups is 1. The Kier molecular flexibility index (Phi) is 4.25. The Balaban J connectivity index is 1.94. The van der Waals surface area contributed by atoms with Crippen LogP contribution in [0.4, 0.5) is 5.82 Å². The van der Waals surface area contributed by atoms with Crippen molar-refractivity contribution in [1.82, 2.24) is 9.97 Å². The maximum absolute atomic E-state index is 10.4. The molecule has 6 heteroatoms. The number of carboxylic acids is 1. The number of aromatic nitrogens is 2. The number of carboxylic acid groups (broad SMARTS) is 1. The topological polar surface area (TPSA) is 75.1 Å². The first-order valence-corrected chi connectivity index (χ1v) is 6.45. The summed E-state index contributed by atoms with van der Waals surface area (Å²) in [6.45, 7) is 0.578. The molecule has 2 rings (SSSR count). The van der Waals surface area contributed by atoms with Crippen molar-refractivity contribution in [2.75, 3.05) is 11.9 Å². The monoisotopic (exact) mass is 263 g/mol. The molecule has 0 aliphatic rings. The first kappa shape index (κ1) is 12.5. The molecule has 0 radical (unpaired) electrons. The maximum Gasteiger partial charge on any atom is 0.303 e. The minimum absolute atomic E-state index is 0.158. The number of anilines is 1. The summed E-state index contributed by atoms with van der Waals surface area (Å²) in [6.07, 6.45) is 4.08. The van der Waals surface area contributed by atoms with Crippen LogP contribution >= 0.6 is 11.3 Å². The van der Waals surface area contributed by atoms with E-state index in [-0.39, 0.29) is 6.42 Å². The van der Waals surface area contributed by atoms with Crippen LogP contribution in [0.25, 0.3) is 10.6 Å². The van der Waals surface area contributed by atoms with Crippen molar-refractivity contribution in [2.24, 2.45) is 0 Å². The molecule has 0 saturated carbocycles. The zero-order valence-corrected chi connectivity index (χ0v) is 10.5. The highest BCUT2D eigenvalue weighted by Crippen LogP contribution is 2.22. The summed E-state index contributed by atoms with van der Waals surface area (Å²) in [6, 6.07) is 3.96. The van der Waals surface area contributed by atoms with Gasteiger partial charge in [-0.05, 0) is 17.9 Å².